The van der Waals surface area contributed by atoms with Gasteiger partial charge >= 0.3 is 0 Å². The zero-order valence-electron chi connectivity index (χ0n) is 11.5. The van der Waals surface area contributed by atoms with Gasteiger partial charge in [0.25, 0.3) is 0 Å². The summed E-state index contributed by atoms with van der Waals surface area (Å²) in [6.07, 6.45) is 5.25. The molecule has 102 valence electrons. The van der Waals surface area contributed by atoms with Gasteiger partial charge in [0.15, 0.2) is 4.77 Å². The second-order valence-corrected chi connectivity index (χ2v) is 5.99. The molecular formula is C15H20N2OS. The molecule has 1 saturated carbocycles. The first-order valence-corrected chi connectivity index (χ1v) is 7.35. The maximum absolute atomic E-state index is 5.49. The average Bonchev–Trinajstić information content (AvgIpc) is 2.68. The standard InChI is InChI=1S/C15H20N2OS/c1-3-15(7-4-8-15)10-17-13-6-5-11(18-2)9-12(13)16-14(17)19/h5-6,9H,3-4,7-8,10H2,1-2H3,(H,16,19). The van der Waals surface area contributed by atoms with Crippen molar-refractivity contribution >= 4 is 23.3 Å². The Bertz CT molecular complexity index is 646. The third-order valence-electron chi connectivity index (χ3n) is 4.64. The summed E-state index contributed by atoms with van der Waals surface area (Å²) in [4.78, 5) is 3.29. The van der Waals surface area contributed by atoms with Crippen molar-refractivity contribution in [3.63, 3.8) is 0 Å². The highest BCUT2D eigenvalue weighted by Crippen LogP contribution is 2.45. The van der Waals surface area contributed by atoms with Crippen LogP contribution in [0.4, 0.5) is 0 Å². The number of benzene rings is 1. The van der Waals surface area contributed by atoms with Crippen LogP contribution in [0.1, 0.15) is 32.6 Å². The summed E-state index contributed by atoms with van der Waals surface area (Å²) in [6.45, 7) is 3.33. The lowest BCUT2D eigenvalue weighted by Gasteiger charge is -2.41. The van der Waals surface area contributed by atoms with Crippen molar-refractivity contribution in [2.24, 2.45) is 5.41 Å². The summed E-state index contributed by atoms with van der Waals surface area (Å²) in [5.74, 6) is 0.866. The minimum atomic E-state index is 0.466. The second-order valence-electron chi connectivity index (χ2n) is 5.61. The number of H-pyrrole nitrogens is 1. The lowest BCUT2D eigenvalue weighted by molar-refractivity contribution is 0.101. The fraction of sp³-hybridized carbons (Fsp3) is 0.533. The Morgan fingerprint density at radius 1 is 1.42 bits per heavy atom. The molecule has 3 rings (SSSR count). The quantitative estimate of drug-likeness (QED) is 0.844. The van der Waals surface area contributed by atoms with E-state index in [1.165, 1.54) is 31.2 Å². The number of rotatable bonds is 4. The van der Waals surface area contributed by atoms with Gasteiger partial charge < -0.3 is 14.3 Å². The molecule has 1 aliphatic carbocycles. The van der Waals surface area contributed by atoms with Gasteiger partial charge in [-0.2, -0.15) is 0 Å². The van der Waals surface area contributed by atoms with E-state index in [0.717, 1.165) is 22.6 Å². The van der Waals surface area contributed by atoms with Gasteiger partial charge in [0, 0.05) is 12.6 Å². The fourth-order valence-corrected chi connectivity index (χ4v) is 3.34. The lowest BCUT2D eigenvalue weighted by atomic mass is 9.67. The third kappa shape index (κ3) is 2.08. The van der Waals surface area contributed by atoms with Gasteiger partial charge in [0.1, 0.15) is 5.75 Å². The normalized spacial score (nSPS) is 17.4. The van der Waals surface area contributed by atoms with Crippen molar-refractivity contribution in [3.05, 3.63) is 23.0 Å². The number of hydrogen-bond donors (Lipinski definition) is 1. The molecule has 1 aliphatic rings. The molecule has 0 unspecified atom stereocenters. The van der Waals surface area contributed by atoms with Crippen LogP contribution >= 0.6 is 12.2 Å². The molecule has 0 amide bonds. The summed E-state index contributed by atoms with van der Waals surface area (Å²) >= 11 is 5.49. The van der Waals surface area contributed by atoms with Gasteiger partial charge in [-0.1, -0.05) is 13.3 Å². The molecule has 0 aliphatic heterocycles. The van der Waals surface area contributed by atoms with E-state index >= 15 is 0 Å². The summed E-state index contributed by atoms with van der Waals surface area (Å²) in [7, 11) is 1.69. The number of fused-ring (bicyclic) bond motifs is 1. The molecule has 0 bridgehead atoms. The zero-order chi connectivity index (χ0) is 13.5. The number of aromatic amines is 1. The Kier molecular flexibility index (Phi) is 3.13. The zero-order valence-corrected chi connectivity index (χ0v) is 12.3. The smallest absolute Gasteiger partial charge is 0.178 e. The second kappa shape index (κ2) is 4.67. The van der Waals surface area contributed by atoms with Crippen LogP contribution in [0, 0.1) is 10.2 Å². The first kappa shape index (κ1) is 12.7. The molecule has 0 atom stereocenters. The molecule has 4 heteroatoms. The molecule has 1 heterocycles. The monoisotopic (exact) mass is 276 g/mol. The number of hydrogen-bond acceptors (Lipinski definition) is 2. The predicted molar refractivity (Wildman–Crippen MR) is 80.2 cm³/mol. The fourth-order valence-electron chi connectivity index (χ4n) is 3.06. The lowest BCUT2D eigenvalue weighted by Crippen LogP contribution is -2.33. The van der Waals surface area contributed by atoms with Crippen molar-refractivity contribution in [3.8, 4) is 5.75 Å². The molecule has 1 aromatic carbocycles. The number of ether oxygens (including phenoxy) is 1. The highest BCUT2D eigenvalue weighted by molar-refractivity contribution is 7.71. The third-order valence-corrected chi connectivity index (χ3v) is 4.96. The number of imidazole rings is 1. The van der Waals surface area contributed by atoms with Crippen molar-refractivity contribution in [2.45, 2.75) is 39.2 Å². The van der Waals surface area contributed by atoms with E-state index in [1.807, 2.05) is 12.1 Å². The number of nitrogens with one attached hydrogen (secondary N) is 1. The van der Waals surface area contributed by atoms with Gasteiger partial charge in [-0.3, -0.25) is 0 Å². The summed E-state index contributed by atoms with van der Waals surface area (Å²) < 4.78 is 8.34. The molecule has 1 aromatic heterocycles. The van der Waals surface area contributed by atoms with Crippen LogP contribution in [0.25, 0.3) is 11.0 Å². The van der Waals surface area contributed by atoms with Crippen LogP contribution in [-0.2, 0) is 6.54 Å². The molecule has 1 N–H and O–H groups in total. The first-order valence-electron chi connectivity index (χ1n) is 6.94. The van der Waals surface area contributed by atoms with Gasteiger partial charge in [-0.25, -0.2) is 0 Å². The van der Waals surface area contributed by atoms with Crippen LogP contribution in [0.15, 0.2) is 18.2 Å². The predicted octanol–water partition coefficient (Wildman–Crippen LogP) is 4.29. The van der Waals surface area contributed by atoms with E-state index in [9.17, 15) is 0 Å². The van der Waals surface area contributed by atoms with Crippen LogP contribution in [-0.4, -0.2) is 16.7 Å². The maximum Gasteiger partial charge on any atom is 0.178 e. The van der Waals surface area contributed by atoms with E-state index in [4.69, 9.17) is 17.0 Å². The van der Waals surface area contributed by atoms with Crippen molar-refractivity contribution in [1.29, 1.82) is 0 Å². The highest BCUT2D eigenvalue weighted by Gasteiger charge is 2.35. The molecule has 19 heavy (non-hydrogen) atoms. The van der Waals surface area contributed by atoms with Crippen molar-refractivity contribution < 1.29 is 4.74 Å². The topological polar surface area (TPSA) is 29.9 Å². The SMILES string of the molecule is CCC1(Cn2c(=S)[nH]c3cc(OC)ccc32)CCC1. The van der Waals surface area contributed by atoms with Gasteiger partial charge in [-0.15, -0.1) is 0 Å². The number of methoxy groups -OCH3 is 1. The van der Waals surface area contributed by atoms with Gasteiger partial charge in [0.05, 0.1) is 18.1 Å². The highest BCUT2D eigenvalue weighted by atomic mass is 32.1. The number of nitrogens with zero attached hydrogens (tertiary/aromatic N) is 1. The largest absolute Gasteiger partial charge is 0.497 e. The molecule has 0 saturated heterocycles. The first-order chi connectivity index (χ1) is 9.17. The Hall–Kier alpha value is -1.29. The molecule has 2 aromatic rings. The molecular weight excluding hydrogens is 256 g/mol. The van der Waals surface area contributed by atoms with E-state index in [1.54, 1.807) is 7.11 Å². The Labute approximate surface area is 118 Å². The van der Waals surface area contributed by atoms with Gasteiger partial charge in [-0.05, 0) is 49.0 Å². The van der Waals surface area contributed by atoms with E-state index in [0.29, 0.717) is 5.41 Å². The van der Waals surface area contributed by atoms with E-state index in [-0.39, 0.29) is 0 Å². The summed E-state index contributed by atoms with van der Waals surface area (Å²) in [5.41, 5.74) is 2.72. The molecule has 0 spiro atoms. The van der Waals surface area contributed by atoms with Crippen LogP contribution < -0.4 is 4.74 Å². The summed E-state index contributed by atoms with van der Waals surface area (Å²) in [5, 5.41) is 0. The molecule has 0 radical (unpaired) electrons. The molecule has 1 fully saturated rings. The van der Waals surface area contributed by atoms with Gasteiger partial charge in [0.2, 0.25) is 0 Å². The van der Waals surface area contributed by atoms with Crippen molar-refractivity contribution in [2.75, 3.05) is 7.11 Å². The van der Waals surface area contributed by atoms with Crippen LogP contribution in [0.3, 0.4) is 0 Å². The van der Waals surface area contributed by atoms with Crippen LogP contribution in [0.5, 0.6) is 5.75 Å². The average molecular weight is 276 g/mol. The Balaban J connectivity index is 2.03. The van der Waals surface area contributed by atoms with E-state index in [2.05, 4.69) is 22.5 Å². The maximum atomic E-state index is 5.49. The summed E-state index contributed by atoms with van der Waals surface area (Å²) in [6, 6.07) is 6.12. The van der Waals surface area contributed by atoms with Crippen LogP contribution in [0.2, 0.25) is 0 Å². The minimum Gasteiger partial charge on any atom is -0.497 e. The Morgan fingerprint density at radius 3 is 2.79 bits per heavy atom. The molecule has 3 nitrogen and oxygen atoms in total. The van der Waals surface area contributed by atoms with E-state index < -0.39 is 0 Å². The van der Waals surface area contributed by atoms with Crippen molar-refractivity contribution in [1.82, 2.24) is 9.55 Å². The Morgan fingerprint density at radius 2 is 2.21 bits per heavy atom. The minimum absolute atomic E-state index is 0.466. The number of aromatic nitrogens is 2.